The first-order valence-electron chi connectivity index (χ1n) is 8.78. The molecule has 0 radical (unpaired) electrons. The van der Waals surface area contributed by atoms with Crippen LogP contribution in [-0.2, 0) is 11.3 Å². The van der Waals surface area contributed by atoms with E-state index in [0.29, 0.717) is 11.4 Å². The second kappa shape index (κ2) is 8.77. The Balaban J connectivity index is 0.000000466. The zero-order valence-electron chi connectivity index (χ0n) is 15.6. The van der Waals surface area contributed by atoms with Crippen LogP contribution in [0.3, 0.4) is 0 Å². The van der Waals surface area contributed by atoms with Crippen LogP contribution in [0.1, 0.15) is 30.9 Å². The second-order valence-corrected chi connectivity index (χ2v) is 6.96. The maximum atomic E-state index is 11.1. The molecule has 5 nitrogen and oxygen atoms in total. The molecule has 0 aromatic heterocycles. The molecule has 140 valence electrons. The van der Waals surface area contributed by atoms with E-state index in [1.54, 1.807) is 14.2 Å². The molecular formula is C21H22N2O3S. The first-order valence-corrected chi connectivity index (χ1v) is 9.52. The number of benzene rings is 2. The second-order valence-electron chi connectivity index (χ2n) is 6.43. The average Bonchev–Trinajstić information content (AvgIpc) is 3.39. The third kappa shape index (κ3) is 4.92. The topological polar surface area (TPSA) is 60.2 Å². The average molecular weight is 382 g/mol. The van der Waals surface area contributed by atoms with E-state index in [-0.39, 0.29) is 16.4 Å². The number of aliphatic imine (C=N–C) groups is 2. The summed E-state index contributed by atoms with van der Waals surface area (Å²) in [6, 6.07) is 15.0. The van der Waals surface area contributed by atoms with Crippen molar-refractivity contribution in [3.05, 3.63) is 59.7 Å². The highest BCUT2D eigenvalue weighted by atomic mass is 32.1. The number of ether oxygens (including phenoxy) is 2. The summed E-state index contributed by atoms with van der Waals surface area (Å²) >= 11 is 0.287. The van der Waals surface area contributed by atoms with Gasteiger partial charge >= 0.3 is 0 Å². The van der Waals surface area contributed by atoms with Crippen LogP contribution < -0.4 is 9.47 Å². The monoisotopic (exact) mass is 382 g/mol. The molecule has 0 unspecified atom stereocenters. The summed E-state index contributed by atoms with van der Waals surface area (Å²) in [5, 5.41) is 0.210. The molecule has 6 heteroatoms. The number of methoxy groups -OCH3 is 2. The molecule has 0 bridgehead atoms. The fourth-order valence-electron chi connectivity index (χ4n) is 2.43. The van der Waals surface area contributed by atoms with Crippen LogP contribution in [0.2, 0.25) is 0 Å². The van der Waals surface area contributed by atoms with E-state index in [4.69, 9.17) is 9.47 Å². The Morgan fingerprint density at radius 3 is 1.44 bits per heavy atom. The van der Waals surface area contributed by atoms with E-state index in [0.717, 1.165) is 28.5 Å². The quantitative estimate of drug-likeness (QED) is 0.758. The minimum Gasteiger partial charge on any atom is -0.497 e. The minimum atomic E-state index is 0.210. The van der Waals surface area contributed by atoms with Gasteiger partial charge in [0, 0.05) is 11.1 Å². The van der Waals surface area contributed by atoms with Gasteiger partial charge in [0.15, 0.2) is 0 Å². The van der Waals surface area contributed by atoms with Crippen molar-refractivity contribution in [1.29, 1.82) is 0 Å². The molecular weight excluding hydrogens is 360 g/mol. The van der Waals surface area contributed by atoms with Gasteiger partial charge in [-0.2, -0.15) is 0 Å². The standard InChI is InChI=1S/C17H14N2O3S.C4H8/c1-21-13-7-3-11(4-8-13)15-16(19-17(18-15)23-20)12-5-9-14(22-2)10-6-12;1-4-2-3-4/h3-10H,1-2H3;4H,2-3H2,1H3. The predicted molar refractivity (Wildman–Crippen MR) is 111 cm³/mol. The summed E-state index contributed by atoms with van der Waals surface area (Å²) in [5.41, 5.74) is 3.11. The van der Waals surface area contributed by atoms with Gasteiger partial charge in [-0.05, 0) is 54.4 Å². The highest BCUT2D eigenvalue weighted by molar-refractivity contribution is 7.66. The first kappa shape index (κ1) is 19.0. The number of hydrogen-bond donors (Lipinski definition) is 0. The van der Waals surface area contributed by atoms with Gasteiger partial charge < -0.3 is 9.47 Å². The molecule has 1 fully saturated rings. The molecule has 0 spiro atoms. The Morgan fingerprint density at radius 2 is 1.19 bits per heavy atom. The van der Waals surface area contributed by atoms with Gasteiger partial charge in [0.25, 0.3) is 0 Å². The van der Waals surface area contributed by atoms with Gasteiger partial charge in [-0.25, -0.2) is 14.2 Å². The normalized spacial score (nSPS) is 15.3. The fraction of sp³-hybridized carbons (Fsp3) is 0.286. The van der Waals surface area contributed by atoms with E-state index < -0.39 is 0 Å². The molecule has 1 aliphatic carbocycles. The van der Waals surface area contributed by atoms with Crippen molar-refractivity contribution in [3.63, 3.8) is 0 Å². The summed E-state index contributed by atoms with van der Waals surface area (Å²) in [6.45, 7) is 2.28. The van der Waals surface area contributed by atoms with E-state index in [9.17, 15) is 4.21 Å². The summed E-state index contributed by atoms with van der Waals surface area (Å²) in [5.74, 6) is 2.61. The van der Waals surface area contributed by atoms with Crippen molar-refractivity contribution in [2.75, 3.05) is 14.2 Å². The Hall–Kier alpha value is -2.73. The van der Waals surface area contributed by atoms with Crippen molar-refractivity contribution < 1.29 is 13.7 Å². The highest BCUT2D eigenvalue weighted by Gasteiger charge is 2.21. The number of hydrogen-bond acceptors (Lipinski definition) is 3. The van der Waals surface area contributed by atoms with Crippen molar-refractivity contribution >= 4 is 27.8 Å². The van der Waals surface area contributed by atoms with Gasteiger partial charge in [0.1, 0.15) is 34.2 Å². The van der Waals surface area contributed by atoms with Crippen LogP contribution in [0.25, 0.3) is 0 Å². The van der Waals surface area contributed by atoms with Crippen LogP contribution >= 0.6 is 0 Å². The lowest BCUT2D eigenvalue weighted by molar-refractivity contribution is 0.414. The summed E-state index contributed by atoms with van der Waals surface area (Å²) in [6.07, 6.45) is 2.97. The zero-order valence-corrected chi connectivity index (χ0v) is 16.5. The van der Waals surface area contributed by atoms with Crippen molar-refractivity contribution in [2.45, 2.75) is 19.8 Å². The lowest BCUT2D eigenvalue weighted by Crippen LogP contribution is -2.13. The van der Waals surface area contributed by atoms with Gasteiger partial charge in [0.05, 0.1) is 14.2 Å². The van der Waals surface area contributed by atoms with Crippen LogP contribution in [0.15, 0.2) is 58.5 Å². The molecule has 0 N–H and O–H groups in total. The molecule has 2 aromatic rings. The van der Waals surface area contributed by atoms with Crippen LogP contribution in [0, 0.1) is 5.92 Å². The van der Waals surface area contributed by atoms with Crippen LogP contribution in [-0.4, -0.2) is 35.0 Å². The van der Waals surface area contributed by atoms with Gasteiger partial charge in [-0.15, -0.1) is 0 Å². The van der Waals surface area contributed by atoms with Crippen molar-refractivity contribution in [3.8, 4) is 11.5 Å². The largest absolute Gasteiger partial charge is 0.497 e. The minimum absolute atomic E-state index is 0.210. The Bertz CT molecular complexity index is 842. The fourth-order valence-corrected chi connectivity index (χ4v) is 2.68. The lowest BCUT2D eigenvalue weighted by Gasteiger charge is -2.07. The predicted octanol–water partition coefficient (Wildman–Crippen LogP) is 3.71. The zero-order chi connectivity index (χ0) is 19.2. The Kier molecular flexibility index (Phi) is 6.19. The van der Waals surface area contributed by atoms with Crippen LogP contribution in [0.5, 0.6) is 11.5 Å². The Morgan fingerprint density at radius 1 is 0.815 bits per heavy atom. The Labute approximate surface area is 162 Å². The smallest absolute Gasteiger partial charge is 0.249 e. The molecule has 27 heavy (non-hydrogen) atoms. The maximum Gasteiger partial charge on any atom is 0.249 e. The van der Waals surface area contributed by atoms with E-state index >= 15 is 0 Å². The van der Waals surface area contributed by atoms with E-state index in [1.165, 1.54) is 12.8 Å². The molecule has 1 heterocycles. The summed E-state index contributed by atoms with van der Waals surface area (Å²) < 4.78 is 21.4. The SMILES string of the molecule is CC1CC1.COc1ccc(C2=NC(=S=O)N=C2c2ccc(OC)cc2)cc1. The van der Waals surface area contributed by atoms with Gasteiger partial charge in [-0.3, -0.25) is 0 Å². The number of nitrogens with zero attached hydrogens (tertiary/aromatic N) is 2. The molecule has 2 aromatic carbocycles. The highest BCUT2D eigenvalue weighted by Crippen LogP contribution is 2.26. The molecule has 1 aliphatic heterocycles. The molecule has 0 saturated heterocycles. The third-order valence-corrected chi connectivity index (χ3v) is 4.64. The summed E-state index contributed by atoms with van der Waals surface area (Å²) in [7, 11) is 3.23. The van der Waals surface area contributed by atoms with Crippen molar-refractivity contribution in [1.82, 2.24) is 0 Å². The molecule has 0 amide bonds. The molecule has 1 saturated carbocycles. The molecule has 2 aliphatic rings. The first-order chi connectivity index (χ1) is 13.1. The molecule has 4 rings (SSSR count). The van der Waals surface area contributed by atoms with E-state index in [1.807, 2.05) is 48.5 Å². The third-order valence-electron chi connectivity index (χ3n) is 4.31. The van der Waals surface area contributed by atoms with Crippen LogP contribution in [0.4, 0.5) is 0 Å². The van der Waals surface area contributed by atoms with Gasteiger partial charge in [0.2, 0.25) is 5.11 Å². The maximum absolute atomic E-state index is 11.1. The number of rotatable bonds is 4. The van der Waals surface area contributed by atoms with E-state index in [2.05, 4.69) is 16.9 Å². The van der Waals surface area contributed by atoms with Gasteiger partial charge in [-0.1, -0.05) is 19.8 Å². The van der Waals surface area contributed by atoms with Crippen molar-refractivity contribution in [2.24, 2.45) is 15.9 Å². The molecule has 0 atom stereocenters. The summed E-state index contributed by atoms with van der Waals surface area (Å²) in [4.78, 5) is 8.68. The lowest BCUT2D eigenvalue weighted by atomic mass is 10.00.